The van der Waals surface area contributed by atoms with Gasteiger partial charge in [-0.3, -0.25) is 0 Å². The van der Waals surface area contributed by atoms with Gasteiger partial charge in [-0.2, -0.15) is 0 Å². The number of aliphatic hydroxyl groups excluding tert-OH is 3. The summed E-state index contributed by atoms with van der Waals surface area (Å²) < 4.78 is 22.4. The van der Waals surface area contributed by atoms with E-state index in [0.29, 0.717) is 18.1 Å². The van der Waals surface area contributed by atoms with Gasteiger partial charge in [0.05, 0.1) is 0 Å². The second kappa shape index (κ2) is 12.0. The summed E-state index contributed by atoms with van der Waals surface area (Å²) >= 11 is 0. The minimum Gasteiger partial charge on any atom is -0.487 e. The molecule has 0 saturated carbocycles. The number of aliphatic hydroxyl groups is 3. The Hall–Kier alpha value is -2.21. The lowest BCUT2D eigenvalue weighted by molar-refractivity contribution is -0.305. The van der Waals surface area contributed by atoms with Gasteiger partial charge in [-0.15, -0.1) is 0 Å². The number of ether oxygens (including phenoxy) is 4. The van der Waals surface area contributed by atoms with Crippen LogP contribution in [0.2, 0.25) is 0 Å². The zero-order valence-electron chi connectivity index (χ0n) is 17.6. The molecule has 1 aromatic rings. The van der Waals surface area contributed by atoms with Gasteiger partial charge in [0.2, 0.25) is 0 Å². The highest BCUT2D eigenvalue weighted by molar-refractivity contribution is 5.73. The van der Waals surface area contributed by atoms with Crippen LogP contribution in [0.4, 0.5) is 0 Å². The van der Waals surface area contributed by atoms with E-state index in [2.05, 4.69) is 11.9 Å². The Morgan fingerprint density at radius 2 is 1.81 bits per heavy atom. The van der Waals surface area contributed by atoms with Gasteiger partial charge in [-0.25, -0.2) is 4.79 Å². The summed E-state index contributed by atoms with van der Waals surface area (Å²) in [4.78, 5) is 11.3. The third kappa shape index (κ3) is 7.17. The predicted molar refractivity (Wildman–Crippen MR) is 110 cm³/mol. The largest absolute Gasteiger partial charge is 0.487 e. The molecule has 0 amide bonds. The molecule has 1 fully saturated rings. The van der Waals surface area contributed by atoms with Crippen LogP contribution in [-0.4, -0.2) is 89.0 Å². The second-order valence-corrected chi connectivity index (χ2v) is 7.41. The Morgan fingerprint density at radius 1 is 1.16 bits per heavy atom. The van der Waals surface area contributed by atoms with E-state index in [1.165, 1.54) is 0 Å². The van der Waals surface area contributed by atoms with Crippen molar-refractivity contribution < 1.29 is 44.2 Å². The van der Waals surface area contributed by atoms with Crippen LogP contribution in [0, 0.1) is 0 Å². The average Bonchev–Trinajstić information content (AvgIpc) is 2.74. The highest BCUT2D eigenvalue weighted by Gasteiger charge is 2.48. The topological polar surface area (TPSA) is 147 Å². The fourth-order valence-electron chi connectivity index (χ4n) is 2.89. The summed E-state index contributed by atoms with van der Waals surface area (Å²) in [7, 11) is 0. The summed E-state index contributed by atoms with van der Waals surface area (Å²) in [6, 6.07) is 7.15. The molecule has 31 heavy (non-hydrogen) atoms. The Morgan fingerprint density at radius 3 is 2.39 bits per heavy atom. The van der Waals surface area contributed by atoms with Crippen LogP contribution in [0.25, 0.3) is 0 Å². The predicted octanol–water partition coefficient (Wildman–Crippen LogP) is -0.0944. The molecule has 174 valence electrons. The van der Waals surface area contributed by atoms with Gasteiger partial charge < -0.3 is 44.7 Å². The molecule has 2 rings (SSSR count). The first kappa shape index (κ1) is 25.1. The van der Waals surface area contributed by atoms with Crippen molar-refractivity contribution in [1.82, 2.24) is 5.32 Å². The second-order valence-electron chi connectivity index (χ2n) is 7.41. The number of carbonyl (C=O) groups is 1. The van der Waals surface area contributed by atoms with Crippen LogP contribution in [0.5, 0.6) is 11.5 Å². The van der Waals surface area contributed by atoms with Crippen molar-refractivity contribution in [1.29, 1.82) is 0 Å². The maximum Gasteiger partial charge on any atom is 0.335 e. The van der Waals surface area contributed by atoms with Crippen molar-refractivity contribution in [2.45, 2.75) is 56.7 Å². The number of hydrogen-bond donors (Lipinski definition) is 5. The summed E-state index contributed by atoms with van der Waals surface area (Å²) in [5, 5.41) is 42.4. The first-order valence-corrected chi connectivity index (χ1v) is 10.0. The van der Waals surface area contributed by atoms with Crippen molar-refractivity contribution >= 4 is 5.97 Å². The number of aliphatic carboxylic acids is 1. The van der Waals surface area contributed by atoms with Crippen LogP contribution in [0.15, 0.2) is 36.9 Å². The van der Waals surface area contributed by atoms with Gasteiger partial charge in [0.15, 0.2) is 23.9 Å². The molecule has 1 aromatic carbocycles. The zero-order chi connectivity index (χ0) is 23.0. The maximum absolute atomic E-state index is 11.3. The third-order valence-corrected chi connectivity index (χ3v) is 4.52. The molecule has 1 aliphatic rings. The Bertz CT molecular complexity index is 714. The summed E-state index contributed by atoms with van der Waals surface area (Å²) in [6.45, 7) is 8.08. The van der Waals surface area contributed by atoms with Crippen molar-refractivity contribution in [3.8, 4) is 11.5 Å². The number of para-hydroxylation sites is 2. The van der Waals surface area contributed by atoms with Gasteiger partial charge in [0.25, 0.3) is 0 Å². The van der Waals surface area contributed by atoms with Crippen molar-refractivity contribution in [2.24, 2.45) is 0 Å². The molecule has 1 heterocycles. The van der Waals surface area contributed by atoms with Gasteiger partial charge in [0.1, 0.15) is 37.6 Å². The van der Waals surface area contributed by atoms with E-state index >= 15 is 0 Å². The number of carboxylic acid groups (broad SMARTS) is 1. The number of nitrogens with one attached hydrogen (secondary N) is 1. The lowest BCUT2D eigenvalue weighted by Crippen LogP contribution is -2.61. The Kier molecular flexibility index (Phi) is 9.69. The van der Waals surface area contributed by atoms with E-state index in [1.54, 1.807) is 30.3 Å². The first-order chi connectivity index (χ1) is 14.7. The molecule has 0 bridgehead atoms. The molecule has 0 aromatic heterocycles. The van der Waals surface area contributed by atoms with Gasteiger partial charge in [-0.05, 0) is 12.1 Å². The van der Waals surface area contributed by atoms with Crippen LogP contribution in [0.3, 0.4) is 0 Å². The molecule has 6 atom stereocenters. The zero-order valence-corrected chi connectivity index (χ0v) is 17.6. The summed E-state index contributed by atoms with van der Waals surface area (Å²) in [6.07, 6.45) is -7.47. The van der Waals surface area contributed by atoms with E-state index in [0.717, 1.165) is 0 Å². The lowest BCUT2D eigenvalue weighted by atomic mass is 9.99. The Balaban J connectivity index is 2.10. The molecule has 10 heteroatoms. The maximum atomic E-state index is 11.3. The van der Waals surface area contributed by atoms with Crippen LogP contribution in [0.1, 0.15) is 13.8 Å². The quantitative estimate of drug-likeness (QED) is 0.279. The van der Waals surface area contributed by atoms with Gasteiger partial charge in [0, 0.05) is 12.6 Å². The normalized spacial score (nSPS) is 27.0. The minimum atomic E-state index is -1.79. The summed E-state index contributed by atoms with van der Waals surface area (Å²) in [5.41, 5.74) is 0. The molecule has 0 radical (unpaired) electrons. The fraction of sp³-hybridized carbons (Fsp3) is 0.571. The molecule has 1 aliphatic heterocycles. The highest BCUT2D eigenvalue weighted by atomic mass is 16.7. The molecule has 0 aliphatic carbocycles. The van der Waals surface area contributed by atoms with Gasteiger partial charge >= 0.3 is 5.97 Å². The van der Waals surface area contributed by atoms with E-state index < -0.39 is 42.8 Å². The number of hydrogen-bond acceptors (Lipinski definition) is 9. The van der Waals surface area contributed by atoms with Gasteiger partial charge in [-0.1, -0.05) is 38.6 Å². The monoisotopic (exact) mass is 441 g/mol. The van der Waals surface area contributed by atoms with E-state index in [4.69, 9.17) is 18.9 Å². The molecule has 0 unspecified atom stereocenters. The molecular weight excluding hydrogens is 410 g/mol. The molecule has 0 spiro atoms. The average molecular weight is 441 g/mol. The lowest BCUT2D eigenvalue weighted by Gasteiger charge is -2.39. The van der Waals surface area contributed by atoms with Crippen molar-refractivity contribution in [2.75, 3.05) is 19.8 Å². The van der Waals surface area contributed by atoms with Crippen LogP contribution < -0.4 is 14.8 Å². The first-order valence-electron chi connectivity index (χ1n) is 10.0. The molecule has 10 nitrogen and oxygen atoms in total. The molecular formula is C21H31NO9. The fourth-order valence-corrected chi connectivity index (χ4v) is 2.89. The number of benzene rings is 1. The summed E-state index contributed by atoms with van der Waals surface area (Å²) in [5.74, 6) is -0.503. The van der Waals surface area contributed by atoms with Crippen LogP contribution in [-0.2, 0) is 14.3 Å². The van der Waals surface area contributed by atoms with E-state index in [1.807, 2.05) is 13.8 Å². The standard InChI is InChI=1S/C21H31NO9/c1-4-9-28-14-7-5-6-8-15(14)29-11-13(10-22-12(2)3)30-21-18(25)16(23)17(24)19(31-21)20(26)27/h4-8,12-13,16-19,21-25H,1,9-11H2,2-3H3,(H,26,27)/t13-,16+,17+,18-,19+,21-/m1/s1. The number of rotatable bonds is 12. The molecule has 5 N–H and O–H groups in total. The van der Waals surface area contributed by atoms with Crippen molar-refractivity contribution in [3.63, 3.8) is 0 Å². The van der Waals surface area contributed by atoms with E-state index in [-0.39, 0.29) is 19.2 Å². The third-order valence-electron chi connectivity index (χ3n) is 4.52. The SMILES string of the molecule is C=CCOc1ccccc1OC[C@@H](CNC(C)C)O[C@@H]1O[C@H](C(=O)O)[C@@H](O)[C@H](O)[C@H]1O. The highest BCUT2D eigenvalue weighted by Crippen LogP contribution is 2.27. The number of carboxylic acids is 1. The van der Waals surface area contributed by atoms with Crippen molar-refractivity contribution in [3.05, 3.63) is 36.9 Å². The van der Waals surface area contributed by atoms with Crippen LogP contribution >= 0.6 is 0 Å². The Labute approximate surface area is 181 Å². The van der Waals surface area contributed by atoms with E-state index in [9.17, 15) is 25.2 Å². The minimum absolute atomic E-state index is 0.0111. The molecule has 1 saturated heterocycles. The smallest absolute Gasteiger partial charge is 0.335 e.